The summed E-state index contributed by atoms with van der Waals surface area (Å²) in [5, 5.41) is 0. The van der Waals surface area contributed by atoms with Crippen molar-refractivity contribution in [3.05, 3.63) is 30.1 Å². The largest absolute Gasteiger partial charge is 0.390 e. The number of hydrogen-bond acceptors (Lipinski definition) is 2. The summed E-state index contributed by atoms with van der Waals surface area (Å²) in [7, 11) is 0. The molecule has 1 heterocycles. The molecule has 1 rings (SSSR count). The Bertz CT molecular complexity index is 263. The zero-order valence-corrected chi connectivity index (χ0v) is 7.98. The number of hydrogen-bond donors (Lipinski definition) is 1. The Morgan fingerprint density at radius 1 is 1.29 bits per heavy atom. The SMILES string of the molecule is Cl.N[C@@H](CC(F)(F)F)c1ccncc1. The summed E-state index contributed by atoms with van der Waals surface area (Å²) >= 11 is 0. The third-order valence-corrected chi connectivity index (χ3v) is 1.59. The van der Waals surface area contributed by atoms with Crippen molar-refractivity contribution >= 4 is 12.4 Å². The third kappa shape index (κ3) is 4.43. The zero-order chi connectivity index (χ0) is 9.90. The van der Waals surface area contributed by atoms with E-state index in [9.17, 15) is 13.2 Å². The second-order valence-electron chi connectivity index (χ2n) is 2.71. The van der Waals surface area contributed by atoms with Gasteiger partial charge in [-0.1, -0.05) is 0 Å². The van der Waals surface area contributed by atoms with Crippen LogP contribution in [0.25, 0.3) is 0 Å². The van der Waals surface area contributed by atoms with E-state index in [-0.39, 0.29) is 12.4 Å². The molecule has 1 aromatic heterocycles. The Labute approximate surface area is 85.7 Å². The van der Waals surface area contributed by atoms with Crippen LogP contribution in [0.15, 0.2) is 24.5 Å². The Hall–Kier alpha value is -0.810. The molecule has 0 saturated heterocycles. The molecule has 0 radical (unpaired) electrons. The predicted octanol–water partition coefficient (Wildman–Crippen LogP) is 2.46. The van der Waals surface area contributed by atoms with Crippen LogP contribution in [0.3, 0.4) is 0 Å². The van der Waals surface area contributed by atoms with Crippen molar-refractivity contribution in [2.24, 2.45) is 5.73 Å². The molecule has 0 bridgehead atoms. The second kappa shape index (κ2) is 5.17. The number of nitrogens with two attached hydrogens (primary N) is 1. The molecule has 0 aliphatic heterocycles. The van der Waals surface area contributed by atoms with Crippen molar-refractivity contribution in [2.45, 2.75) is 18.6 Å². The summed E-state index contributed by atoms with van der Waals surface area (Å²) in [6.07, 6.45) is -2.38. The lowest BCUT2D eigenvalue weighted by Gasteiger charge is -2.13. The Kier molecular flexibility index (Phi) is 4.87. The van der Waals surface area contributed by atoms with E-state index >= 15 is 0 Å². The van der Waals surface area contributed by atoms with Crippen molar-refractivity contribution in [3.8, 4) is 0 Å². The molecular formula is C8H10ClF3N2. The molecule has 0 aliphatic rings. The first-order valence-electron chi connectivity index (χ1n) is 3.71. The van der Waals surface area contributed by atoms with Gasteiger partial charge in [-0.2, -0.15) is 13.2 Å². The quantitative estimate of drug-likeness (QED) is 0.841. The highest BCUT2D eigenvalue weighted by Crippen LogP contribution is 2.27. The second-order valence-corrected chi connectivity index (χ2v) is 2.71. The van der Waals surface area contributed by atoms with Gasteiger partial charge in [0, 0.05) is 18.4 Å². The number of alkyl halides is 3. The molecule has 2 nitrogen and oxygen atoms in total. The average Bonchev–Trinajstić information content (AvgIpc) is 2.03. The van der Waals surface area contributed by atoms with Gasteiger partial charge in [-0.25, -0.2) is 0 Å². The summed E-state index contributed by atoms with van der Waals surface area (Å²) in [5.74, 6) is 0. The minimum Gasteiger partial charge on any atom is -0.324 e. The summed E-state index contributed by atoms with van der Waals surface area (Å²) in [5.41, 5.74) is 5.78. The average molecular weight is 227 g/mol. The monoisotopic (exact) mass is 226 g/mol. The Morgan fingerprint density at radius 2 is 1.79 bits per heavy atom. The highest BCUT2D eigenvalue weighted by Gasteiger charge is 2.30. The van der Waals surface area contributed by atoms with Gasteiger partial charge in [-0.15, -0.1) is 12.4 Å². The molecule has 1 atom stereocenters. The number of rotatable bonds is 2. The van der Waals surface area contributed by atoms with Crippen molar-refractivity contribution in [1.82, 2.24) is 4.98 Å². The molecule has 0 fully saturated rings. The molecule has 6 heteroatoms. The smallest absolute Gasteiger partial charge is 0.324 e. The van der Waals surface area contributed by atoms with Gasteiger partial charge in [0.1, 0.15) is 0 Å². The van der Waals surface area contributed by atoms with Crippen LogP contribution in [-0.2, 0) is 0 Å². The standard InChI is InChI=1S/C8H9F3N2.ClH/c9-8(10,11)5-7(12)6-1-3-13-4-2-6;/h1-4,7H,5,12H2;1H/t7-;/m0./s1. The molecule has 0 spiro atoms. The molecule has 14 heavy (non-hydrogen) atoms. The van der Waals surface area contributed by atoms with E-state index in [4.69, 9.17) is 5.73 Å². The van der Waals surface area contributed by atoms with Gasteiger partial charge in [0.05, 0.1) is 6.42 Å². The Morgan fingerprint density at radius 3 is 2.21 bits per heavy atom. The van der Waals surface area contributed by atoms with E-state index in [1.165, 1.54) is 24.5 Å². The normalized spacial score (nSPS) is 13.1. The molecule has 0 aromatic carbocycles. The van der Waals surface area contributed by atoms with E-state index in [1.807, 2.05) is 0 Å². The fourth-order valence-electron chi connectivity index (χ4n) is 0.978. The molecule has 80 valence electrons. The fourth-order valence-corrected chi connectivity index (χ4v) is 0.978. The van der Waals surface area contributed by atoms with Crippen molar-refractivity contribution < 1.29 is 13.2 Å². The van der Waals surface area contributed by atoms with Crippen LogP contribution in [0.2, 0.25) is 0 Å². The molecule has 0 saturated carbocycles. The van der Waals surface area contributed by atoms with E-state index in [2.05, 4.69) is 4.98 Å². The van der Waals surface area contributed by atoms with Crippen LogP contribution < -0.4 is 5.73 Å². The maximum Gasteiger partial charge on any atom is 0.390 e. The van der Waals surface area contributed by atoms with Gasteiger partial charge >= 0.3 is 6.18 Å². The number of aromatic nitrogens is 1. The summed E-state index contributed by atoms with van der Waals surface area (Å²) in [6, 6.07) is 1.97. The first-order valence-corrected chi connectivity index (χ1v) is 3.71. The zero-order valence-electron chi connectivity index (χ0n) is 7.16. The van der Waals surface area contributed by atoms with Gasteiger partial charge < -0.3 is 5.73 Å². The lowest BCUT2D eigenvalue weighted by molar-refractivity contribution is -0.138. The van der Waals surface area contributed by atoms with Crippen LogP contribution in [0.4, 0.5) is 13.2 Å². The Balaban J connectivity index is 0.00000169. The van der Waals surface area contributed by atoms with Crippen LogP contribution in [0, 0.1) is 0 Å². The van der Waals surface area contributed by atoms with E-state index < -0.39 is 18.6 Å². The van der Waals surface area contributed by atoms with E-state index in [1.54, 1.807) is 0 Å². The highest BCUT2D eigenvalue weighted by molar-refractivity contribution is 5.85. The molecule has 0 amide bonds. The first kappa shape index (κ1) is 13.2. The molecule has 1 aromatic rings. The van der Waals surface area contributed by atoms with Crippen LogP contribution in [-0.4, -0.2) is 11.2 Å². The van der Waals surface area contributed by atoms with Gasteiger partial charge in [0.2, 0.25) is 0 Å². The number of nitrogens with zero attached hydrogens (tertiary/aromatic N) is 1. The van der Waals surface area contributed by atoms with E-state index in [0.717, 1.165) is 0 Å². The van der Waals surface area contributed by atoms with Crippen molar-refractivity contribution in [3.63, 3.8) is 0 Å². The first-order chi connectivity index (χ1) is 5.99. The maximum atomic E-state index is 11.9. The maximum absolute atomic E-state index is 11.9. The van der Waals surface area contributed by atoms with Gasteiger partial charge in [-0.3, -0.25) is 4.98 Å². The number of pyridine rings is 1. The molecule has 0 unspecified atom stereocenters. The minimum atomic E-state index is -4.22. The minimum absolute atomic E-state index is 0. The lowest BCUT2D eigenvalue weighted by atomic mass is 10.1. The molecular weight excluding hydrogens is 217 g/mol. The van der Waals surface area contributed by atoms with Gasteiger partial charge in [-0.05, 0) is 17.7 Å². The number of halogens is 4. The highest BCUT2D eigenvalue weighted by atomic mass is 35.5. The van der Waals surface area contributed by atoms with Crippen LogP contribution >= 0.6 is 12.4 Å². The topological polar surface area (TPSA) is 38.9 Å². The third-order valence-electron chi connectivity index (χ3n) is 1.59. The molecule has 0 aliphatic carbocycles. The molecule has 2 N–H and O–H groups in total. The summed E-state index contributed by atoms with van der Waals surface area (Å²) < 4.78 is 35.7. The predicted molar refractivity (Wildman–Crippen MR) is 49.1 cm³/mol. The van der Waals surface area contributed by atoms with Crippen molar-refractivity contribution in [2.75, 3.05) is 0 Å². The summed E-state index contributed by atoms with van der Waals surface area (Å²) in [4.78, 5) is 3.69. The van der Waals surface area contributed by atoms with Gasteiger partial charge in [0.25, 0.3) is 0 Å². The van der Waals surface area contributed by atoms with Crippen LogP contribution in [0.5, 0.6) is 0 Å². The van der Waals surface area contributed by atoms with Crippen LogP contribution in [0.1, 0.15) is 18.0 Å². The fraction of sp³-hybridized carbons (Fsp3) is 0.375. The van der Waals surface area contributed by atoms with Crippen molar-refractivity contribution in [1.29, 1.82) is 0 Å². The van der Waals surface area contributed by atoms with E-state index in [0.29, 0.717) is 5.56 Å². The van der Waals surface area contributed by atoms with Gasteiger partial charge in [0.15, 0.2) is 0 Å². The summed E-state index contributed by atoms with van der Waals surface area (Å²) in [6.45, 7) is 0. The lowest BCUT2D eigenvalue weighted by Crippen LogP contribution is -2.20.